The number of rotatable bonds is 5. The summed E-state index contributed by atoms with van der Waals surface area (Å²) < 4.78 is 12.3. The zero-order chi connectivity index (χ0) is 22.1. The fraction of sp³-hybridized carbons (Fsp3) is 0.259. The van der Waals surface area contributed by atoms with Gasteiger partial charge in [0.1, 0.15) is 25.3 Å². The zero-order valence-electron chi connectivity index (χ0n) is 18.8. The van der Waals surface area contributed by atoms with Crippen LogP contribution in [0.25, 0.3) is 0 Å². The van der Waals surface area contributed by atoms with Gasteiger partial charge in [-0.05, 0) is 28.4 Å². The summed E-state index contributed by atoms with van der Waals surface area (Å²) in [6.07, 6.45) is 0. The van der Waals surface area contributed by atoms with E-state index < -0.39 is 8.07 Å². The van der Waals surface area contributed by atoms with Crippen LogP contribution in [0.3, 0.4) is 0 Å². The van der Waals surface area contributed by atoms with Gasteiger partial charge in [-0.25, -0.2) is 9.98 Å². The average Bonchev–Trinajstić information content (AvgIpc) is 3.50. The van der Waals surface area contributed by atoms with Crippen molar-refractivity contribution in [2.45, 2.75) is 31.7 Å². The predicted molar refractivity (Wildman–Crippen MR) is 133 cm³/mol. The molecule has 0 amide bonds. The van der Waals surface area contributed by atoms with E-state index in [0.29, 0.717) is 13.2 Å². The van der Waals surface area contributed by atoms with Crippen molar-refractivity contribution >= 4 is 25.1 Å². The first-order valence-electron chi connectivity index (χ1n) is 11.2. The topological polar surface area (TPSA) is 43.2 Å². The third-order valence-corrected chi connectivity index (χ3v) is 7.98. The van der Waals surface area contributed by atoms with Crippen LogP contribution in [0.5, 0.6) is 0 Å². The van der Waals surface area contributed by atoms with Crippen LogP contribution >= 0.6 is 0 Å². The molecule has 3 aromatic rings. The molecule has 0 spiro atoms. The fourth-order valence-corrected chi connectivity index (χ4v) is 6.45. The van der Waals surface area contributed by atoms with Gasteiger partial charge in [-0.3, -0.25) is 0 Å². The molecule has 0 aromatic heterocycles. The monoisotopic (exact) mass is 440 g/mol. The first-order chi connectivity index (χ1) is 15.5. The first-order valence-corrected chi connectivity index (χ1v) is 14.7. The highest BCUT2D eigenvalue weighted by Crippen LogP contribution is 2.28. The lowest BCUT2D eigenvalue weighted by atomic mass is 10.1. The molecule has 32 heavy (non-hydrogen) atoms. The molecule has 0 unspecified atom stereocenters. The molecule has 0 saturated carbocycles. The molecule has 0 radical (unpaired) electrons. The molecule has 0 fully saturated rings. The van der Waals surface area contributed by atoms with Gasteiger partial charge in [0.15, 0.2) is 0 Å². The summed E-state index contributed by atoms with van der Waals surface area (Å²) in [7, 11) is -1.78. The Kier molecular flexibility index (Phi) is 5.43. The average molecular weight is 441 g/mol. The molecule has 162 valence electrons. The minimum atomic E-state index is -1.78. The van der Waals surface area contributed by atoms with Crippen molar-refractivity contribution in [1.29, 1.82) is 0 Å². The molecule has 2 heterocycles. The summed E-state index contributed by atoms with van der Waals surface area (Å²) in [4.78, 5) is 9.94. The van der Waals surface area contributed by atoms with Gasteiger partial charge in [0.25, 0.3) is 0 Å². The van der Waals surface area contributed by atoms with Crippen LogP contribution in [0.4, 0.5) is 0 Å². The van der Waals surface area contributed by atoms with Crippen molar-refractivity contribution in [3.63, 3.8) is 0 Å². The lowest BCUT2D eigenvalue weighted by molar-refractivity contribution is 0.319. The van der Waals surface area contributed by atoms with E-state index in [0.717, 1.165) is 22.9 Å². The minimum absolute atomic E-state index is 0.0341. The quantitative estimate of drug-likeness (QED) is 0.508. The summed E-state index contributed by atoms with van der Waals surface area (Å²) in [5.41, 5.74) is 4.52. The number of benzene rings is 3. The van der Waals surface area contributed by atoms with Crippen LogP contribution in [0.1, 0.15) is 34.3 Å². The Balaban J connectivity index is 1.54. The molecule has 2 aliphatic rings. The van der Waals surface area contributed by atoms with E-state index in [2.05, 4.69) is 86.4 Å². The van der Waals surface area contributed by atoms with Crippen LogP contribution in [-0.4, -0.2) is 33.1 Å². The van der Waals surface area contributed by atoms with E-state index in [1.54, 1.807) is 0 Å². The molecule has 0 saturated heterocycles. The second-order valence-electron chi connectivity index (χ2n) is 9.32. The normalized spacial score (nSPS) is 20.3. The Labute approximate surface area is 190 Å². The van der Waals surface area contributed by atoms with Gasteiger partial charge in [-0.1, -0.05) is 86.4 Å². The standard InChI is InChI=1S/C27H28N2O2Si/c1-32(2,3)25-21(26-28-23(17-30-26)19-11-6-4-7-12-19)15-10-16-22(25)27-29-24(18-31-27)20-13-8-5-9-14-20/h4-16,23-24H,17-18H2,1-3H3/t23-,24-/m1/s1. The Bertz CT molecular complexity index is 1080. The number of hydrogen-bond acceptors (Lipinski definition) is 4. The molecule has 5 heteroatoms. The van der Waals surface area contributed by atoms with Gasteiger partial charge in [0.05, 0.1) is 8.07 Å². The number of ether oxygens (including phenoxy) is 2. The van der Waals surface area contributed by atoms with E-state index in [-0.39, 0.29) is 12.1 Å². The summed E-state index contributed by atoms with van der Waals surface area (Å²) in [6, 6.07) is 27.1. The molecular formula is C27H28N2O2Si. The number of hydrogen-bond donors (Lipinski definition) is 0. The third kappa shape index (κ3) is 4.00. The summed E-state index contributed by atoms with van der Waals surface area (Å²) in [5.74, 6) is 1.47. The molecular weight excluding hydrogens is 412 g/mol. The van der Waals surface area contributed by atoms with Gasteiger partial charge in [0.2, 0.25) is 11.8 Å². The molecule has 3 aromatic carbocycles. The van der Waals surface area contributed by atoms with Gasteiger partial charge >= 0.3 is 0 Å². The Hall–Kier alpha value is -3.18. The molecule has 4 nitrogen and oxygen atoms in total. The fourth-order valence-electron chi connectivity index (χ4n) is 4.45. The third-order valence-electron chi connectivity index (χ3n) is 5.95. The second-order valence-corrected chi connectivity index (χ2v) is 14.3. The van der Waals surface area contributed by atoms with Crippen molar-refractivity contribution in [2.24, 2.45) is 9.98 Å². The largest absolute Gasteiger partial charge is 0.475 e. The van der Waals surface area contributed by atoms with Crippen LogP contribution in [-0.2, 0) is 9.47 Å². The van der Waals surface area contributed by atoms with Crippen molar-refractivity contribution < 1.29 is 9.47 Å². The van der Waals surface area contributed by atoms with Gasteiger partial charge in [-0.2, -0.15) is 0 Å². The molecule has 0 N–H and O–H groups in total. The van der Waals surface area contributed by atoms with Crippen molar-refractivity contribution in [2.75, 3.05) is 13.2 Å². The van der Waals surface area contributed by atoms with Crippen LogP contribution in [0, 0.1) is 0 Å². The maximum atomic E-state index is 6.14. The van der Waals surface area contributed by atoms with Crippen molar-refractivity contribution in [3.05, 3.63) is 101 Å². The van der Waals surface area contributed by atoms with Gasteiger partial charge in [-0.15, -0.1) is 0 Å². The first kappa shape index (κ1) is 20.7. The van der Waals surface area contributed by atoms with E-state index >= 15 is 0 Å². The smallest absolute Gasteiger partial charge is 0.216 e. The second kappa shape index (κ2) is 8.39. The lowest BCUT2D eigenvalue weighted by Crippen LogP contribution is -2.45. The Morgan fingerprint density at radius 2 is 1.06 bits per heavy atom. The molecule has 2 atom stereocenters. The highest BCUT2D eigenvalue weighted by atomic mass is 28.3. The summed E-state index contributed by atoms with van der Waals surface area (Å²) in [6.45, 7) is 8.20. The Morgan fingerprint density at radius 3 is 1.47 bits per heavy atom. The van der Waals surface area contributed by atoms with E-state index in [9.17, 15) is 0 Å². The van der Waals surface area contributed by atoms with E-state index in [1.807, 2.05) is 12.1 Å². The van der Waals surface area contributed by atoms with Crippen LogP contribution < -0.4 is 5.19 Å². The highest BCUT2D eigenvalue weighted by molar-refractivity contribution is 6.90. The predicted octanol–water partition coefficient (Wildman–Crippen LogP) is 5.27. The number of nitrogens with zero attached hydrogens (tertiary/aromatic N) is 2. The molecule has 5 rings (SSSR count). The maximum absolute atomic E-state index is 6.14. The minimum Gasteiger partial charge on any atom is -0.475 e. The zero-order valence-corrected chi connectivity index (χ0v) is 19.8. The lowest BCUT2D eigenvalue weighted by Gasteiger charge is -2.24. The van der Waals surface area contributed by atoms with Crippen LogP contribution in [0.15, 0.2) is 88.8 Å². The summed E-state index contributed by atoms with van der Waals surface area (Å²) in [5, 5.41) is 1.29. The summed E-state index contributed by atoms with van der Waals surface area (Å²) >= 11 is 0. The highest BCUT2D eigenvalue weighted by Gasteiger charge is 2.33. The van der Waals surface area contributed by atoms with Crippen LogP contribution in [0.2, 0.25) is 19.6 Å². The number of aliphatic imine (C=N–C) groups is 2. The molecule has 0 aliphatic carbocycles. The van der Waals surface area contributed by atoms with Crippen molar-refractivity contribution in [1.82, 2.24) is 0 Å². The van der Waals surface area contributed by atoms with E-state index in [1.165, 1.54) is 16.3 Å². The molecule has 2 aliphatic heterocycles. The van der Waals surface area contributed by atoms with E-state index in [4.69, 9.17) is 19.5 Å². The van der Waals surface area contributed by atoms with Gasteiger partial charge in [0, 0.05) is 11.1 Å². The van der Waals surface area contributed by atoms with Crippen molar-refractivity contribution in [3.8, 4) is 0 Å². The molecule has 0 bridgehead atoms. The Morgan fingerprint density at radius 1 is 0.625 bits per heavy atom. The SMILES string of the molecule is C[Si](C)(C)c1c(C2=N[C@@H](c3ccccc3)CO2)cccc1C1=N[C@@H](c2ccccc2)CO1. The van der Waals surface area contributed by atoms with Gasteiger partial charge < -0.3 is 9.47 Å². The maximum Gasteiger partial charge on any atom is 0.216 e.